The van der Waals surface area contributed by atoms with E-state index >= 15 is 0 Å². The van der Waals surface area contributed by atoms with Crippen LogP contribution in [0.1, 0.15) is 38.9 Å². The van der Waals surface area contributed by atoms with Crippen LogP contribution in [0.15, 0.2) is 24.3 Å². The van der Waals surface area contributed by atoms with Crippen molar-refractivity contribution in [3.05, 3.63) is 29.8 Å². The summed E-state index contributed by atoms with van der Waals surface area (Å²) < 4.78 is 5.61. The van der Waals surface area contributed by atoms with Crippen LogP contribution in [0.2, 0.25) is 0 Å². The number of aliphatic hydroxyl groups is 1. The van der Waals surface area contributed by atoms with E-state index in [2.05, 4.69) is 6.92 Å². The number of ether oxygens (including phenoxy) is 1. The monoisotopic (exact) mass is 254 g/mol. The van der Waals surface area contributed by atoms with Crippen LogP contribution in [0.3, 0.4) is 0 Å². The maximum atomic E-state index is 10.0. The standard InChI is InChI=1S/C14H22O2S/c1-4-8-17-10-14(15)12-6-5-7-13(9-12)16-11(2)3/h5-7,9,11,14-15H,4,8,10H2,1-3H3. The van der Waals surface area contributed by atoms with Crippen LogP contribution >= 0.6 is 11.8 Å². The second-order valence-corrected chi connectivity index (χ2v) is 5.48. The molecule has 0 fully saturated rings. The Bertz CT molecular complexity index is 326. The third kappa shape index (κ3) is 5.46. The van der Waals surface area contributed by atoms with E-state index in [1.165, 1.54) is 0 Å². The van der Waals surface area contributed by atoms with Gasteiger partial charge in [0, 0.05) is 5.75 Å². The Morgan fingerprint density at radius 3 is 2.76 bits per heavy atom. The fourth-order valence-electron chi connectivity index (χ4n) is 1.50. The Kier molecular flexibility index (Phi) is 6.45. The molecule has 1 atom stereocenters. The van der Waals surface area contributed by atoms with Gasteiger partial charge in [0.1, 0.15) is 5.75 Å². The van der Waals surface area contributed by atoms with Crippen LogP contribution in [-0.2, 0) is 0 Å². The molecule has 1 aromatic carbocycles. The summed E-state index contributed by atoms with van der Waals surface area (Å²) >= 11 is 1.79. The Labute approximate surface area is 108 Å². The van der Waals surface area contributed by atoms with Crippen molar-refractivity contribution >= 4 is 11.8 Å². The van der Waals surface area contributed by atoms with Crippen LogP contribution in [0.4, 0.5) is 0 Å². The smallest absolute Gasteiger partial charge is 0.120 e. The third-order valence-electron chi connectivity index (χ3n) is 2.24. The van der Waals surface area contributed by atoms with Gasteiger partial charge in [-0.1, -0.05) is 19.1 Å². The lowest BCUT2D eigenvalue weighted by molar-refractivity contribution is 0.201. The zero-order valence-corrected chi connectivity index (χ0v) is 11.7. The number of rotatable bonds is 7. The van der Waals surface area contributed by atoms with E-state index in [0.29, 0.717) is 0 Å². The van der Waals surface area contributed by atoms with E-state index in [1.807, 2.05) is 38.1 Å². The molecule has 0 aliphatic rings. The second kappa shape index (κ2) is 7.62. The molecule has 0 aromatic heterocycles. The molecule has 0 spiro atoms. The Hall–Kier alpha value is -0.670. The molecule has 3 heteroatoms. The largest absolute Gasteiger partial charge is 0.491 e. The molecule has 0 bridgehead atoms. The van der Waals surface area contributed by atoms with E-state index in [-0.39, 0.29) is 6.10 Å². The highest BCUT2D eigenvalue weighted by Gasteiger charge is 2.08. The first-order valence-electron chi connectivity index (χ1n) is 6.16. The molecule has 1 unspecified atom stereocenters. The topological polar surface area (TPSA) is 29.5 Å². The molecular formula is C14H22O2S. The normalized spacial score (nSPS) is 12.8. The minimum absolute atomic E-state index is 0.164. The number of thioether (sulfide) groups is 1. The van der Waals surface area contributed by atoms with E-state index in [9.17, 15) is 5.11 Å². The second-order valence-electron chi connectivity index (χ2n) is 4.33. The van der Waals surface area contributed by atoms with Crippen LogP contribution in [-0.4, -0.2) is 22.7 Å². The van der Waals surface area contributed by atoms with Gasteiger partial charge in [-0.2, -0.15) is 11.8 Å². The molecule has 0 aliphatic heterocycles. The fourth-order valence-corrected chi connectivity index (χ4v) is 2.37. The van der Waals surface area contributed by atoms with Gasteiger partial charge in [-0.25, -0.2) is 0 Å². The molecule has 0 saturated heterocycles. The summed E-state index contributed by atoms with van der Waals surface area (Å²) in [7, 11) is 0. The van der Waals surface area contributed by atoms with Gasteiger partial charge in [0.25, 0.3) is 0 Å². The zero-order valence-electron chi connectivity index (χ0n) is 10.8. The lowest BCUT2D eigenvalue weighted by Crippen LogP contribution is -2.07. The van der Waals surface area contributed by atoms with Crippen molar-refractivity contribution in [2.45, 2.75) is 39.4 Å². The van der Waals surface area contributed by atoms with Crippen LogP contribution in [0, 0.1) is 0 Å². The van der Waals surface area contributed by atoms with Crippen LogP contribution < -0.4 is 4.74 Å². The number of benzene rings is 1. The molecule has 0 heterocycles. The van der Waals surface area contributed by atoms with Crippen molar-refractivity contribution in [2.75, 3.05) is 11.5 Å². The predicted octanol–water partition coefficient (Wildman–Crippen LogP) is 3.65. The summed E-state index contributed by atoms with van der Waals surface area (Å²) in [4.78, 5) is 0. The molecule has 2 nitrogen and oxygen atoms in total. The van der Waals surface area contributed by atoms with Gasteiger partial charge in [0.05, 0.1) is 12.2 Å². The van der Waals surface area contributed by atoms with Crippen molar-refractivity contribution in [3.8, 4) is 5.75 Å². The Balaban J connectivity index is 2.57. The molecule has 17 heavy (non-hydrogen) atoms. The summed E-state index contributed by atoms with van der Waals surface area (Å²) in [5, 5.41) is 10.0. The summed E-state index contributed by atoms with van der Waals surface area (Å²) in [5.41, 5.74) is 0.937. The van der Waals surface area contributed by atoms with Gasteiger partial charge in [-0.15, -0.1) is 0 Å². The molecule has 1 aromatic rings. The van der Waals surface area contributed by atoms with Crippen LogP contribution in [0.5, 0.6) is 5.75 Å². The number of aliphatic hydroxyl groups excluding tert-OH is 1. The minimum Gasteiger partial charge on any atom is -0.491 e. The average molecular weight is 254 g/mol. The van der Waals surface area contributed by atoms with Crippen molar-refractivity contribution < 1.29 is 9.84 Å². The first kappa shape index (κ1) is 14.4. The molecule has 96 valence electrons. The van der Waals surface area contributed by atoms with Gasteiger partial charge >= 0.3 is 0 Å². The van der Waals surface area contributed by atoms with Gasteiger partial charge in [-0.3, -0.25) is 0 Å². The first-order chi connectivity index (χ1) is 8.13. The average Bonchev–Trinajstić information content (AvgIpc) is 2.28. The highest BCUT2D eigenvalue weighted by Crippen LogP contribution is 2.23. The van der Waals surface area contributed by atoms with Gasteiger partial charge in [-0.05, 0) is 43.7 Å². The minimum atomic E-state index is -0.401. The summed E-state index contributed by atoms with van der Waals surface area (Å²) in [6.07, 6.45) is 0.910. The molecular weight excluding hydrogens is 232 g/mol. The lowest BCUT2D eigenvalue weighted by atomic mass is 10.1. The van der Waals surface area contributed by atoms with Gasteiger partial charge < -0.3 is 9.84 Å². The summed E-state index contributed by atoms with van der Waals surface area (Å²) in [5.74, 6) is 2.68. The van der Waals surface area contributed by atoms with Crippen molar-refractivity contribution in [1.29, 1.82) is 0 Å². The number of hydrogen-bond acceptors (Lipinski definition) is 3. The highest BCUT2D eigenvalue weighted by molar-refractivity contribution is 7.99. The highest BCUT2D eigenvalue weighted by atomic mass is 32.2. The Morgan fingerprint density at radius 1 is 1.35 bits per heavy atom. The molecule has 0 saturated carbocycles. The van der Waals surface area contributed by atoms with E-state index in [0.717, 1.165) is 29.2 Å². The predicted molar refractivity (Wildman–Crippen MR) is 74.8 cm³/mol. The molecule has 0 radical (unpaired) electrons. The first-order valence-corrected chi connectivity index (χ1v) is 7.31. The quantitative estimate of drug-likeness (QED) is 0.753. The van der Waals surface area contributed by atoms with Crippen LogP contribution in [0.25, 0.3) is 0 Å². The Morgan fingerprint density at radius 2 is 2.12 bits per heavy atom. The molecule has 0 aliphatic carbocycles. The lowest BCUT2D eigenvalue weighted by Gasteiger charge is -2.14. The summed E-state index contributed by atoms with van der Waals surface area (Å²) in [6.45, 7) is 6.15. The maximum Gasteiger partial charge on any atom is 0.120 e. The summed E-state index contributed by atoms with van der Waals surface area (Å²) in [6, 6.07) is 7.73. The molecule has 1 rings (SSSR count). The van der Waals surface area contributed by atoms with E-state index in [1.54, 1.807) is 11.8 Å². The number of hydrogen-bond donors (Lipinski definition) is 1. The third-order valence-corrected chi connectivity index (χ3v) is 3.49. The van der Waals surface area contributed by atoms with Gasteiger partial charge in [0.2, 0.25) is 0 Å². The van der Waals surface area contributed by atoms with E-state index in [4.69, 9.17) is 4.74 Å². The van der Waals surface area contributed by atoms with Gasteiger partial charge in [0.15, 0.2) is 0 Å². The maximum absolute atomic E-state index is 10.0. The molecule has 0 amide bonds. The van der Waals surface area contributed by atoms with Crippen molar-refractivity contribution in [1.82, 2.24) is 0 Å². The fraction of sp³-hybridized carbons (Fsp3) is 0.571. The molecule has 1 N–H and O–H groups in total. The SMILES string of the molecule is CCCSCC(O)c1cccc(OC(C)C)c1. The van der Waals surface area contributed by atoms with Crippen molar-refractivity contribution in [2.24, 2.45) is 0 Å². The zero-order chi connectivity index (χ0) is 12.7. The van der Waals surface area contributed by atoms with Crippen molar-refractivity contribution in [3.63, 3.8) is 0 Å². The van der Waals surface area contributed by atoms with E-state index < -0.39 is 6.10 Å².